The topological polar surface area (TPSA) is 63.0 Å². The summed E-state index contributed by atoms with van der Waals surface area (Å²) in [6.45, 7) is 11.8. The van der Waals surface area contributed by atoms with Crippen molar-refractivity contribution in [2.24, 2.45) is 0 Å². The van der Waals surface area contributed by atoms with Crippen molar-refractivity contribution >= 4 is 0 Å². The molecule has 22 heavy (non-hydrogen) atoms. The Morgan fingerprint density at radius 3 is 2.41 bits per heavy atom. The summed E-state index contributed by atoms with van der Waals surface area (Å²) in [4.78, 5) is 3.96. The fourth-order valence-electron chi connectivity index (χ4n) is 2.62. The average molecular weight is 302 g/mol. The van der Waals surface area contributed by atoms with Crippen LogP contribution in [0.5, 0.6) is 0 Å². The molecule has 1 unspecified atom stereocenters. The van der Waals surface area contributed by atoms with Crippen LogP contribution in [0.15, 0.2) is 24.5 Å². The first-order valence-corrected chi connectivity index (χ1v) is 7.65. The van der Waals surface area contributed by atoms with Crippen molar-refractivity contribution in [2.45, 2.75) is 52.8 Å². The number of hydrogen-bond acceptors (Lipinski definition) is 4. The molecule has 2 heterocycles. The lowest BCUT2D eigenvalue weighted by Crippen LogP contribution is -2.25. The smallest absolute Gasteiger partial charge is 0.0915 e. The molecule has 2 rings (SSSR count). The Balaban J connectivity index is 1.99. The first kappa shape index (κ1) is 16.6. The summed E-state index contributed by atoms with van der Waals surface area (Å²) in [7, 11) is 0. The molecule has 0 saturated heterocycles. The largest absolute Gasteiger partial charge is 0.387 e. The van der Waals surface area contributed by atoms with Crippen molar-refractivity contribution in [1.82, 2.24) is 20.1 Å². The van der Waals surface area contributed by atoms with Gasteiger partial charge in [-0.2, -0.15) is 5.10 Å². The summed E-state index contributed by atoms with van der Waals surface area (Å²) in [6, 6.07) is 3.67. The molecule has 5 nitrogen and oxygen atoms in total. The summed E-state index contributed by atoms with van der Waals surface area (Å²) in [5.74, 6) is 0. The molecule has 0 aliphatic carbocycles. The number of nitrogens with zero attached hydrogens (tertiary/aromatic N) is 3. The number of aryl methyl sites for hydroxylation is 1. The van der Waals surface area contributed by atoms with E-state index in [9.17, 15) is 5.11 Å². The van der Waals surface area contributed by atoms with Gasteiger partial charge < -0.3 is 10.4 Å². The normalized spacial score (nSPS) is 13.4. The molecule has 5 heteroatoms. The molecule has 0 bridgehead atoms. The van der Waals surface area contributed by atoms with Crippen LogP contribution in [0.2, 0.25) is 0 Å². The highest BCUT2D eigenvalue weighted by atomic mass is 16.3. The van der Waals surface area contributed by atoms with Crippen LogP contribution in [0.4, 0.5) is 0 Å². The molecular formula is C17H26N4O. The molecule has 0 saturated carbocycles. The van der Waals surface area contributed by atoms with Crippen LogP contribution in [0.3, 0.4) is 0 Å². The first-order valence-electron chi connectivity index (χ1n) is 7.65. The molecule has 2 aromatic rings. The number of aliphatic hydroxyl groups is 1. The zero-order chi connectivity index (χ0) is 16.3. The van der Waals surface area contributed by atoms with Gasteiger partial charge in [-0.05, 0) is 52.3 Å². The van der Waals surface area contributed by atoms with E-state index in [1.807, 2.05) is 19.1 Å². The van der Waals surface area contributed by atoms with Crippen molar-refractivity contribution in [1.29, 1.82) is 0 Å². The van der Waals surface area contributed by atoms with Crippen molar-refractivity contribution in [3.63, 3.8) is 0 Å². The van der Waals surface area contributed by atoms with Gasteiger partial charge in [0.15, 0.2) is 0 Å². The van der Waals surface area contributed by atoms with Gasteiger partial charge in [0, 0.05) is 36.7 Å². The molecule has 0 aliphatic rings. The fourth-order valence-corrected chi connectivity index (χ4v) is 2.62. The van der Waals surface area contributed by atoms with E-state index < -0.39 is 6.10 Å². The molecule has 120 valence electrons. The quantitative estimate of drug-likeness (QED) is 0.890. The molecule has 0 aliphatic heterocycles. The van der Waals surface area contributed by atoms with E-state index in [0.717, 1.165) is 11.3 Å². The van der Waals surface area contributed by atoms with Crippen molar-refractivity contribution in [2.75, 3.05) is 6.54 Å². The van der Waals surface area contributed by atoms with Crippen molar-refractivity contribution < 1.29 is 5.11 Å². The molecule has 0 amide bonds. The second-order valence-corrected chi connectivity index (χ2v) is 6.66. The molecule has 2 N–H and O–H groups in total. The Morgan fingerprint density at radius 2 is 1.86 bits per heavy atom. The maximum absolute atomic E-state index is 10.2. The van der Waals surface area contributed by atoms with E-state index in [0.29, 0.717) is 13.1 Å². The number of aromatic nitrogens is 3. The van der Waals surface area contributed by atoms with Crippen LogP contribution >= 0.6 is 0 Å². The Kier molecular flexibility index (Phi) is 4.98. The third kappa shape index (κ3) is 3.72. The van der Waals surface area contributed by atoms with E-state index in [4.69, 9.17) is 0 Å². The summed E-state index contributed by atoms with van der Waals surface area (Å²) < 4.78 is 2.07. The maximum Gasteiger partial charge on any atom is 0.0915 e. The van der Waals surface area contributed by atoms with Gasteiger partial charge in [-0.25, -0.2) is 0 Å². The Labute approximate surface area is 132 Å². The van der Waals surface area contributed by atoms with Gasteiger partial charge in [-0.15, -0.1) is 0 Å². The maximum atomic E-state index is 10.2. The highest BCUT2D eigenvalue weighted by molar-refractivity contribution is 5.25. The average Bonchev–Trinajstić information content (AvgIpc) is 2.76. The summed E-state index contributed by atoms with van der Waals surface area (Å²) in [6.07, 6.45) is 2.86. The Hall–Kier alpha value is -1.72. The SMILES string of the molecule is Cc1nn(C(C)(C)C)c(C)c1CNCC(O)c1ccncc1. The number of aliphatic hydroxyl groups excluding tert-OH is 1. The third-order valence-electron chi connectivity index (χ3n) is 3.81. The van der Waals surface area contributed by atoms with Crippen LogP contribution < -0.4 is 5.32 Å². The molecule has 0 aromatic carbocycles. The lowest BCUT2D eigenvalue weighted by atomic mass is 10.1. The number of pyridine rings is 1. The van der Waals surface area contributed by atoms with Gasteiger partial charge in [0.2, 0.25) is 0 Å². The van der Waals surface area contributed by atoms with Crippen molar-refractivity contribution in [3.05, 3.63) is 47.0 Å². The molecule has 0 fully saturated rings. The third-order valence-corrected chi connectivity index (χ3v) is 3.81. The van der Waals surface area contributed by atoms with Crippen molar-refractivity contribution in [3.8, 4) is 0 Å². The van der Waals surface area contributed by atoms with Crippen LogP contribution in [-0.2, 0) is 12.1 Å². The summed E-state index contributed by atoms with van der Waals surface area (Å²) in [5.41, 5.74) is 4.27. The van der Waals surface area contributed by atoms with Gasteiger partial charge >= 0.3 is 0 Å². The molecular weight excluding hydrogens is 276 g/mol. The lowest BCUT2D eigenvalue weighted by Gasteiger charge is -2.21. The predicted octanol–water partition coefficient (Wildman–Crippen LogP) is 2.47. The first-order chi connectivity index (χ1) is 10.3. The van der Waals surface area contributed by atoms with E-state index in [1.165, 1.54) is 11.3 Å². The molecule has 0 spiro atoms. The van der Waals surface area contributed by atoms with Gasteiger partial charge in [0.25, 0.3) is 0 Å². The highest BCUT2D eigenvalue weighted by Gasteiger charge is 2.20. The zero-order valence-electron chi connectivity index (χ0n) is 14.1. The van der Waals surface area contributed by atoms with Crippen LogP contribution in [0.1, 0.15) is 49.4 Å². The van der Waals surface area contributed by atoms with Crippen LogP contribution in [0.25, 0.3) is 0 Å². The number of rotatable bonds is 5. The summed E-state index contributed by atoms with van der Waals surface area (Å²) in [5, 5.41) is 18.1. The van der Waals surface area contributed by atoms with Crippen LogP contribution in [0, 0.1) is 13.8 Å². The minimum absolute atomic E-state index is 0.0242. The van der Waals surface area contributed by atoms with Gasteiger partial charge in [-0.1, -0.05) is 0 Å². The fraction of sp³-hybridized carbons (Fsp3) is 0.529. The molecule has 2 aromatic heterocycles. The van der Waals surface area contributed by atoms with Gasteiger partial charge in [-0.3, -0.25) is 9.67 Å². The second-order valence-electron chi connectivity index (χ2n) is 6.66. The number of hydrogen-bond donors (Lipinski definition) is 2. The monoisotopic (exact) mass is 302 g/mol. The standard InChI is InChI=1S/C17H26N4O/c1-12-15(13(2)21(20-12)17(3,4)5)10-19-11-16(22)14-6-8-18-9-7-14/h6-9,16,19,22H,10-11H2,1-5H3. The summed E-state index contributed by atoms with van der Waals surface area (Å²) >= 11 is 0. The minimum atomic E-state index is -0.527. The Morgan fingerprint density at radius 1 is 1.23 bits per heavy atom. The lowest BCUT2D eigenvalue weighted by molar-refractivity contribution is 0.174. The zero-order valence-corrected chi connectivity index (χ0v) is 14.1. The second kappa shape index (κ2) is 6.58. The molecule has 0 radical (unpaired) electrons. The molecule has 1 atom stereocenters. The van der Waals surface area contributed by atoms with E-state index in [1.54, 1.807) is 12.4 Å². The van der Waals surface area contributed by atoms with E-state index in [2.05, 4.69) is 47.8 Å². The highest BCUT2D eigenvalue weighted by Crippen LogP contribution is 2.21. The van der Waals surface area contributed by atoms with E-state index >= 15 is 0 Å². The minimum Gasteiger partial charge on any atom is -0.387 e. The Bertz CT molecular complexity index is 614. The van der Waals surface area contributed by atoms with Gasteiger partial charge in [0.1, 0.15) is 0 Å². The van der Waals surface area contributed by atoms with E-state index in [-0.39, 0.29) is 5.54 Å². The van der Waals surface area contributed by atoms with Gasteiger partial charge in [0.05, 0.1) is 17.3 Å². The predicted molar refractivity (Wildman–Crippen MR) is 87.6 cm³/mol. The van der Waals surface area contributed by atoms with Crippen LogP contribution in [-0.4, -0.2) is 26.4 Å². The number of nitrogens with one attached hydrogen (secondary N) is 1.